The highest BCUT2D eigenvalue weighted by molar-refractivity contribution is 5.78. The third kappa shape index (κ3) is 3.55. The van der Waals surface area contributed by atoms with Gasteiger partial charge in [0.1, 0.15) is 0 Å². The highest BCUT2D eigenvalue weighted by atomic mass is 16.3. The predicted octanol–water partition coefficient (Wildman–Crippen LogP) is 0.917. The SMILES string of the molecule is CC1CN(C(=O)Cc2ccc(CN)cc2)CCC1O. The number of likely N-dealkylation sites (tertiary alicyclic amines) is 1. The molecule has 1 saturated heterocycles. The number of amides is 1. The molecule has 3 N–H and O–H groups in total. The van der Waals surface area contributed by atoms with Crippen molar-refractivity contribution in [3.63, 3.8) is 0 Å². The predicted molar refractivity (Wildman–Crippen MR) is 74.4 cm³/mol. The number of hydrogen-bond acceptors (Lipinski definition) is 3. The molecule has 2 atom stereocenters. The smallest absolute Gasteiger partial charge is 0.227 e. The van der Waals surface area contributed by atoms with Crippen LogP contribution < -0.4 is 5.73 Å². The normalized spacial score (nSPS) is 23.4. The van der Waals surface area contributed by atoms with Crippen molar-refractivity contribution < 1.29 is 9.90 Å². The average Bonchev–Trinajstić information content (AvgIpc) is 2.42. The van der Waals surface area contributed by atoms with Crippen LogP contribution in [0.1, 0.15) is 24.5 Å². The molecule has 0 aromatic heterocycles. The fraction of sp³-hybridized carbons (Fsp3) is 0.533. The Morgan fingerprint density at radius 2 is 2.00 bits per heavy atom. The summed E-state index contributed by atoms with van der Waals surface area (Å²) in [6.07, 6.45) is 0.833. The zero-order chi connectivity index (χ0) is 13.8. The van der Waals surface area contributed by atoms with E-state index >= 15 is 0 Å². The van der Waals surface area contributed by atoms with Crippen LogP contribution in [0.15, 0.2) is 24.3 Å². The third-order valence-electron chi connectivity index (χ3n) is 3.83. The maximum absolute atomic E-state index is 12.2. The number of nitrogens with two attached hydrogens (primary N) is 1. The molecule has 1 fully saturated rings. The van der Waals surface area contributed by atoms with Crippen molar-refractivity contribution in [2.75, 3.05) is 13.1 Å². The maximum atomic E-state index is 12.2. The zero-order valence-electron chi connectivity index (χ0n) is 11.4. The highest BCUT2D eigenvalue weighted by Gasteiger charge is 2.26. The lowest BCUT2D eigenvalue weighted by atomic mass is 9.96. The second-order valence-electron chi connectivity index (χ2n) is 5.37. The van der Waals surface area contributed by atoms with Crippen LogP contribution in [0.2, 0.25) is 0 Å². The molecule has 2 unspecified atom stereocenters. The second-order valence-corrected chi connectivity index (χ2v) is 5.37. The van der Waals surface area contributed by atoms with Crippen LogP contribution >= 0.6 is 0 Å². The number of carbonyl (C=O) groups excluding carboxylic acids is 1. The Bertz CT molecular complexity index is 430. The van der Waals surface area contributed by atoms with Crippen molar-refractivity contribution in [1.82, 2.24) is 4.90 Å². The van der Waals surface area contributed by atoms with Crippen molar-refractivity contribution in [1.29, 1.82) is 0 Å². The van der Waals surface area contributed by atoms with Crippen LogP contribution in [0.3, 0.4) is 0 Å². The number of nitrogens with zero attached hydrogens (tertiary/aromatic N) is 1. The highest BCUT2D eigenvalue weighted by Crippen LogP contribution is 2.17. The van der Waals surface area contributed by atoms with Gasteiger partial charge in [-0.15, -0.1) is 0 Å². The molecule has 1 aliphatic rings. The summed E-state index contributed by atoms with van der Waals surface area (Å²) in [5.41, 5.74) is 7.64. The van der Waals surface area contributed by atoms with Gasteiger partial charge < -0.3 is 15.7 Å². The number of aliphatic hydroxyl groups is 1. The van der Waals surface area contributed by atoms with Gasteiger partial charge in [-0.05, 0) is 23.5 Å². The Hall–Kier alpha value is -1.39. The van der Waals surface area contributed by atoms with Crippen molar-refractivity contribution in [2.45, 2.75) is 32.4 Å². The molecule has 0 spiro atoms. The van der Waals surface area contributed by atoms with E-state index in [4.69, 9.17) is 5.73 Å². The molecule has 1 aliphatic heterocycles. The van der Waals surface area contributed by atoms with E-state index in [1.54, 1.807) is 0 Å². The van der Waals surface area contributed by atoms with Gasteiger partial charge in [-0.25, -0.2) is 0 Å². The Morgan fingerprint density at radius 1 is 1.37 bits per heavy atom. The minimum Gasteiger partial charge on any atom is -0.393 e. The van der Waals surface area contributed by atoms with Crippen LogP contribution in [-0.4, -0.2) is 35.1 Å². The zero-order valence-corrected chi connectivity index (χ0v) is 11.4. The summed E-state index contributed by atoms with van der Waals surface area (Å²) < 4.78 is 0. The molecule has 4 heteroatoms. The summed E-state index contributed by atoms with van der Waals surface area (Å²) in [5.74, 6) is 0.302. The number of aliphatic hydroxyl groups excluding tert-OH is 1. The lowest BCUT2D eigenvalue weighted by molar-refractivity contribution is -0.133. The van der Waals surface area contributed by atoms with Gasteiger partial charge in [-0.3, -0.25) is 4.79 Å². The van der Waals surface area contributed by atoms with Crippen LogP contribution in [0.4, 0.5) is 0 Å². The molecule has 4 nitrogen and oxygen atoms in total. The minimum absolute atomic E-state index is 0.138. The van der Waals surface area contributed by atoms with E-state index in [9.17, 15) is 9.90 Å². The monoisotopic (exact) mass is 262 g/mol. The van der Waals surface area contributed by atoms with Gasteiger partial charge in [0.05, 0.1) is 12.5 Å². The number of rotatable bonds is 3. The lowest BCUT2D eigenvalue weighted by Crippen LogP contribution is -2.45. The topological polar surface area (TPSA) is 66.6 Å². The van der Waals surface area contributed by atoms with Gasteiger partial charge in [0.25, 0.3) is 0 Å². The number of piperidine rings is 1. The van der Waals surface area contributed by atoms with Crippen molar-refractivity contribution in [3.8, 4) is 0 Å². The minimum atomic E-state index is -0.270. The first kappa shape index (κ1) is 14.0. The number of benzene rings is 1. The Labute approximate surface area is 114 Å². The van der Waals surface area contributed by atoms with E-state index in [-0.39, 0.29) is 17.9 Å². The molecule has 1 aromatic carbocycles. The molecule has 1 heterocycles. The van der Waals surface area contributed by atoms with Crippen molar-refractivity contribution in [3.05, 3.63) is 35.4 Å². The molecule has 0 aliphatic carbocycles. The molecular formula is C15H22N2O2. The summed E-state index contributed by atoms with van der Waals surface area (Å²) in [6, 6.07) is 7.85. The van der Waals surface area contributed by atoms with E-state index < -0.39 is 0 Å². The molecule has 2 rings (SSSR count). The fourth-order valence-corrected chi connectivity index (χ4v) is 2.44. The van der Waals surface area contributed by atoms with Crippen LogP contribution in [0.25, 0.3) is 0 Å². The average molecular weight is 262 g/mol. The van der Waals surface area contributed by atoms with Gasteiger partial charge in [0, 0.05) is 19.6 Å². The quantitative estimate of drug-likeness (QED) is 0.851. The van der Waals surface area contributed by atoms with Crippen LogP contribution in [-0.2, 0) is 17.8 Å². The Kier molecular flexibility index (Phi) is 4.56. The van der Waals surface area contributed by atoms with Crippen molar-refractivity contribution >= 4 is 5.91 Å². The van der Waals surface area contributed by atoms with Gasteiger partial charge >= 0.3 is 0 Å². The number of hydrogen-bond donors (Lipinski definition) is 2. The Morgan fingerprint density at radius 3 is 2.58 bits per heavy atom. The van der Waals surface area contributed by atoms with Crippen molar-refractivity contribution in [2.24, 2.45) is 11.7 Å². The van der Waals surface area contributed by atoms with E-state index in [1.165, 1.54) is 0 Å². The van der Waals surface area contributed by atoms with E-state index in [0.717, 1.165) is 11.1 Å². The van der Waals surface area contributed by atoms with Gasteiger partial charge in [-0.2, -0.15) is 0 Å². The molecule has 104 valence electrons. The summed E-state index contributed by atoms with van der Waals surface area (Å²) in [4.78, 5) is 14.0. The largest absolute Gasteiger partial charge is 0.393 e. The molecule has 1 amide bonds. The standard InChI is InChI=1S/C15H22N2O2/c1-11-10-17(7-6-14(11)18)15(19)8-12-2-4-13(9-16)5-3-12/h2-5,11,14,18H,6-10,16H2,1H3. The lowest BCUT2D eigenvalue weighted by Gasteiger charge is -2.34. The fourth-order valence-electron chi connectivity index (χ4n) is 2.44. The summed E-state index contributed by atoms with van der Waals surface area (Å²) >= 11 is 0. The first-order valence-electron chi connectivity index (χ1n) is 6.84. The third-order valence-corrected chi connectivity index (χ3v) is 3.83. The molecule has 1 aromatic rings. The number of carbonyl (C=O) groups is 1. The first-order valence-corrected chi connectivity index (χ1v) is 6.84. The van der Waals surface area contributed by atoms with E-state index in [0.29, 0.717) is 32.5 Å². The van der Waals surface area contributed by atoms with Gasteiger partial charge in [0.15, 0.2) is 0 Å². The first-order chi connectivity index (χ1) is 9.10. The summed E-state index contributed by atoms with van der Waals surface area (Å²) in [7, 11) is 0. The molecule has 0 saturated carbocycles. The molecule has 0 bridgehead atoms. The van der Waals surface area contributed by atoms with Gasteiger partial charge in [0.2, 0.25) is 5.91 Å². The maximum Gasteiger partial charge on any atom is 0.227 e. The summed E-state index contributed by atoms with van der Waals surface area (Å²) in [6.45, 7) is 3.82. The van der Waals surface area contributed by atoms with Gasteiger partial charge in [-0.1, -0.05) is 31.2 Å². The van der Waals surface area contributed by atoms with E-state index in [2.05, 4.69) is 0 Å². The molecule has 19 heavy (non-hydrogen) atoms. The Balaban J connectivity index is 1.93. The molecular weight excluding hydrogens is 240 g/mol. The second kappa shape index (κ2) is 6.17. The molecule has 0 radical (unpaired) electrons. The van der Waals surface area contributed by atoms with Crippen LogP contribution in [0, 0.1) is 5.92 Å². The summed E-state index contributed by atoms with van der Waals surface area (Å²) in [5, 5.41) is 9.67. The van der Waals surface area contributed by atoms with E-state index in [1.807, 2.05) is 36.1 Å². The van der Waals surface area contributed by atoms with Crippen LogP contribution in [0.5, 0.6) is 0 Å².